The number of pyridine rings is 2. The zero-order valence-electron chi connectivity index (χ0n) is 14.8. The number of nitrogens with zero attached hydrogens (tertiary/aromatic N) is 2. The van der Waals surface area contributed by atoms with Gasteiger partial charge in [0.1, 0.15) is 5.69 Å². The van der Waals surface area contributed by atoms with Crippen molar-refractivity contribution in [3.8, 4) is 16.9 Å². The molecule has 3 rings (SSSR count). The fourth-order valence-corrected chi connectivity index (χ4v) is 2.86. The minimum Gasteiger partial charge on any atom is -0.505 e. The first-order valence-corrected chi connectivity index (χ1v) is 8.09. The Morgan fingerprint density at radius 1 is 1.11 bits per heavy atom. The van der Waals surface area contributed by atoms with E-state index in [1.165, 1.54) is 32.2 Å². The summed E-state index contributed by atoms with van der Waals surface area (Å²) in [4.78, 5) is 19.3. The highest BCUT2D eigenvalue weighted by atomic mass is 19.4. The number of carbonyl (C=O) groups excluding carboxylic acids is 1. The Labute approximate surface area is 156 Å². The second kappa shape index (κ2) is 6.43. The Kier molecular flexibility index (Phi) is 4.49. The lowest BCUT2D eigenvalue weighted by Gasteiger charge is -2.25. The van der Waals surface area contributed by atoms with Crippen molar-refractivity contribution >= 4 is 16.9 Å². The zero-order valence-corrected chi connectivity index (χ0v) is 14.8. The molecule has 0 fully saturated rings. The molecular weight excluding hydrogens is 378 g/mol. The van der Waals surface area contributed by atoms with Gasteiger partial charge in [0.2, 0.25) is 5.91 Å². The SMILES string of the molecule is CC(C)(C(N)=O)c1cc(F)c(O)cc1-c1ccnc2nc(C(F)(F)F)ccc12. The second-order valence-electron chi connectivity index (χ2n) is 6.76. The summed E-state index contributed by atoms with van der Waals surface area (Å²) >= 11 is 0. The van der Waals surface area contributed by atoms with Crippen LogP contribution in [0.1, 0.15) is 25.1 Å². The van der Waals surface area contributed by atoms with Crippen molar-refractivity contribution in [2.45, 2.75) is 25.4 Å². The van der Waals surface area contributed by atoms with E-state index in [-0.39, 0.29) is 22.2 Å². The number of benzene rings is 1. The van der Waals surface area contributed by atoms with Gasteiger partial charge in [-0.25, -0.2) is 14.4 Å². The molecule has 28 heavy (non-hydrogen) atoms. The third-order valence-electron chi connectivity index (χ3n) is 4.56. The number of amides is 1. The van der Waals surface area contributed by atoms with Crippen LogP contribution >= 0.6 is 0 Å². The van der Waals surface area contributed by atoms with Crippen LogP contribution in [0.3, 0.4) is 0 Å². The number of primary amides is 1. The third-order valence-corrected chi connectivity index (χ3v) is 4.56. The molecule has 0 aliphatic rings. The van der Waals surface area contributed by atoms with Crippen LogP contribution in [0, 0.1) is 5.82 Å². The lowest BCUT2D eigenvalue weighted by molar-refractivity contribution is -0.141. The van der Waals surface area contributed by atoms with Crippen LogP contribution in [-0.2, 0) is 16.4 Å². The fraction of sp³-hybridized carbons (Fsp3) is 0.211. The third kappa shape index (κ3) is 3.23. The van der Waals surface area contributed by atoms with Gasteiger partial charge in [-0.1, -0.05) is 0 Å². The molecule has 0 bridgehead atoms. The van der Waals surface area contributed by atoms with Crippen LogP contribution in [0.5, 0.6) is 5.75 Å². The topological polar surface area (TPSA) is 89.1 Å². The first-order valence-electron chi connectivity index (χ1n) is 8.09. The smallest absolute Gasteiger partial charge is 0.433 e. The number of aromatic nitrogens is 2. The van der Waals surface area contributed by atoms with Crippen LogP contribution in [0.25, 0.3) is 22.2 Å². The molecule has 0 saturated carbocycles. The summed E-state index contributed by atoms with van der Waals surface area (Å²) in [6.07, 6.45) is -3.40. The molecule has 0 atom stereocenters. The molecule has 0 radical (unpaired) electrons. The lowest BCUT2D eigenvalue weighted by atomic mass is 9.79. The van der Waals surface area contributed by atoms with Crippen molar-refractivity contribution in [2.24, 2.45) is 5.73 Å². The normalized spacial score (nSPS) is 12.4. The maximum Gasteiger partial charge on any atom is 0.433 e. The number of fused-ring (bicyclic) bond motifs is 1. The van der Waals surface area contributed by atoms with E-state index in [1.807, 2.05) is 0 Å². The number of halogens is 4. The molecule has 0 spiro atoms. The summed E-state index contributed by atoms with van der Waals surface area (Å²) in [5, 5.41) is 10.1. The van der Waals surface area contributed by atoms with Crippen LogP contribution in [0.4, 0.5) is 17.6 Å². The first kappa shape index (κ1) is 19.5. The highest BCUT2D eigenvalue weighted by molar-refractivity contribution is 5.96. The zero-order chi connectivity index (χ0) is 20.9. The number of phenolic OH excluding ortho intramolecular Hbond substituents is 1. The van der Waals surface area contributed by atoms with Gasteiger partial charge in [0.15, 0.2) is 17.2 Å². The maximum absolute atomic E-state index is 14.0. The van der Waals surface area contributed by atoms with Gasteiger partial charge in [0.25, 0.3) is 0 Å². The second-order valence-corrected chi connectivity index (χ2v) is 6.76. The molecule has 2 aromatic heterocycles. The average molecular weight is 393 g/mol. The molecule has 146 valence electrons. The van der Waals surface area contributed by atoms with Gasteiger partial charge in [-0.15, -0.1) is 0 Å². The maximum atomic E-state index is 14.0. The van der Waals surface area contributed by atoms with E-state index in [9.17, 15) is 27.5 Å². The molecule has 0 aliphatic heterocycles. The minimum atomic E-state index is -4.64. The van der Waals surface area contributed by atoms with E-state index < -0.39 is 34.8 Å². The summed E-state index contributed by atoms with van der Waals surface area (Å²) in [6.45, 7) is 2.96. The standard InChI is InChI=1S/C19H15F4N3O2/c1-18(2,17(24)28)12-8-13(20)14(27)7-11(12)9-5-6-25-16-10(9)3-4-15(26-16)19(21,22)23/h3-8,27H,1-2H3,(H2,24,28). The Morgan fingerprint density at radius 3 is 2.39 bits per heavy atom. The number of nitrogens with two attached hydrogens (primary N) is 1. The molecule has 9 heteroatoms. The molecule has 5 nitrogen and oxygen atoms in total. The molecule has 0 saturated heterocycles. The van der Waals surface area contributed by atoms with E-state index in [0.717, 1.165) is 18.2 Å². The van der Waals surface area contributed by atoms with E-state index in [4.69, 9.17) is 5.73 Å². The Morgan fingerprint density at radius 2 is 1.79 bits per heavy atom. The predicted octanol–water partition coefficient (Wildman–Crippen LogP) is 3.92. The Hall–Kier alpha value is -3.23. The van der Waals surface area contributed by atoms with Gasteiger partial charge >= 0.3 is 6.18 Å². The number of carbonyl (C=O) groups is 1. The van der Waals surface area contributed by atoms with Crippen LogP contribution < -0.4 is 5.73 Å². The highest BCUT2D eigenvalue weighted by Gasteiger charge is 2.34. The van der Waals surface area contributed by atoms with Gasteiger partial charge in [-0.2, -0.15) is 13.2 Å². The van der Waals surface area contributed by atoms with Crippen LogP contribution in [0.2, 0.25) is 0 Å². The molecule has 1 amide bonds. The Balaban J connectivity index is 2.34. The molecular formula is C19H15F4N3O2. The van der Waals surface area contributed by atoms with Crippen molar-refractivity contribution in [2.75, 3.05) is 0 Å². The van der Waals surface area contributed by atoms with E-state index in [0.29, 0.717) is 5.56 Å². The quantitative estimate of drug-likeness (QED) is 0.660. The van der Waals surface area contributed by atoms with E-state index in [1.54, 1.807) is 0 Å². The van der Waals surface area contributed by atoms with Gasteiger partial charge in [-0.3, -0.25) is 4.79 Å². The monoisotopic (exact) mass is 393 g/mol. The average Bonchev–Trinajstić information content (AvgIpc) is 2.61. The number of phenols is 1. The molecule has 0 unspecified atom stereocenters. The minimum absolute atomic E-state index is 0.169. The van der Waals surface area contributed by atoms with Crippen molar-refractivity contribution < 1.29 is 27.5 Å². The molecule has 3 N–H and O–H groups in total. The number of rotatable bonds is 3. The number of hydrogen-bond acceptors (Lipinski definition) is 4. The van der Waals surface area contributed by atoms with E-state index in [2.05, 4.69) is 9.97 Å². The van der Waals surface area contributed by atoms with Crippen molar-refractivity contribution in [1.82, 2.24) is 9.97 Å². The predicted molar refractivity (Wildman–Crippen MR) is 93.8 cm³/mol. The summed E-state index contributed by atoms with van der Waals surface area (Å²) in [5.41, 5.74) is 3.56. The highest BCUT2D eigenvalue weighted by Crippen LogP contribution is 2.39. The summed E-state index contributed by atoms with van der Waals surface area (Å²) in [6, 6.07) is 5.55. The molecule has 2 heterocycles. The summed E-state index contributed by atoms with van der Waals surface area (Å²) in [7, 11) is 0. The van der Waals surface area contributed by atoms with Gasteiger partial charge in [0.05, 0.1) is 5.41 Å². The fourth-order valence-electron chi connectivity index (χ4n) is 2.86. The molecule has 1 aromatic carbocycles. The summed E-state index contributed by atoms with van der Waals surface area (Å²) < 4.78 is 52.8. The van der Waals surface area contributed by atoms with Gasteiger partial charge in [-0.05, 0) is 60.9 Å². The molecule has 0 aliphatic carbocycles. The van der Waals surface area contributed by atoms with Gasteiger partial charge in [0, 0.05) is 11.6 Å². The van der Waals surface area contributed by atoms with Crippen LogP contribution in [0.15, 0.2) is 36.5 Å². The van der Waals surface area contributed by atoms with Crippen molar-refractivity contribution in [3.63, 3.8) is 0 Å². The van der Waals surface area contributed by atoms with E-state index >= 15 is 0 Å². The molecule has 3 aromatic rings. The largest absolute Gasteiger partial charge is 0.505 e. The number of alkyl halides is 3. The van der Waals surface area contributed by atoms with Crippen molar-refractivity contribution in [3.05, 3.63) is 53.6 Å². The Bertz CT molecular complexity index is 1090. The summed E-state index contributed by atoms with van der Waals surface area (Å²) in [5.74, 6) is -2.37. The van der Waals surface area contributed by atoms with Crippen molar-refractivity contribution in [1.29, 1.82) is 0 Å². The number of aromatic hydroxyl groups is 1. The number of hydrogen-bond donors (Lipinski definition) is 2. The first-order chi connectivity index (χ1) is 12.9. The van der Waals surface area contributed by atoms with Gasteiger partial charge < -0.3 is 10.8 Å². The van der Waals surface area contributed by atoms with Crippen LogP contribution in [-0.4, -0.2) is 21.0 Å². The lowest BCUT2D eigenvalue weighted by Crippen LogP contribution is -2.36.